The maximum absolute atomic E-state index is 12.3. The van der Waals surface area contributed by atoms with E-state index in [2.05, 4.69) is 15.3 Å². The Bertz CT molecular complexity index is 767. The number of carbonyl (C=O) groups excluding carboxylic acids is 1. The van der Waals surface area contributed by atoms with Crippen molar-refractivity contribution in [2.45, 2.75) is 6.54 Å². The summed E-state index contributed by atoms with van der Waals surface area (Å²) in [6.45, 7) is 0.673. The maximum Gasteiger partial charge on any atom is 0.257 e. The summed E-state index contributed by atoms with van der Waals surface area (Å²) in [5.74, 6) is -0.190. The van der Waals surface area contributed by atoms with E-state index in [9.17, 15) is 4.79 Å². The first-order valence-electron chi connectivity index (χ1n) is 6.60. The van der Waals surface area contributed by atoms with Crippen LogP contribution < -0.4 is 10.1 Å². The van der Waals surface area contributed by atoms with E-state index >= 15 is 0 Å². The van der Waals surface area contributed by atoms with Gasteiger partial charge in [0.1, 0.15) is 0 Å². The van der Waals surface area contributed by atoms with Crippen molar-refractivity contribution in [1.82, 2.24) is 14.5 Å². The third kappa shape index (κ3) is 3.32. The second kappa shape index (κ2) is 6.40. The molecule has 0 aliphatic carbocycles. The molecule has 6 nitrogen and oxygen atoms in total. The number of imidazole rings is 1. The van der Waals surface area contributed by atoms with Crippen LogP contribution in [0.3, 0.4) is 0 Å². The lowest BCUT2D eigenvalue weighted by Gasteiger charge is -2.06. The molecule has 7 heteroatoms. The second-order valence-electron chi connectivity index (χ2n) is 4.58. The average Bonchev–Trinajstić information content (AvgIpc) is 3.19. The van der Waals surface area contributed by atoms with E-state index in [4.69, 9.17) is 4.74 Å². The Balaban J connectivity index is 1.72. The molecule has 0 aliphatic rings. The zero-order valence-electron chi connectivity index (χ0n) is 11.9. The summed E-state index contributed by atoms with van der Waals surface area (Å²) in [5, 5.41) is 3.94. The Labute approximate surface area is 131 Å². The van der Waals surface area contributed by atoms with Gasteiger partial charge in [0.2, 0.25) is 0 Å². The Hall–Kier alpha value is -2.67. The van der Waals surface area contributed by atoms with Gasteiger partial charge < -0.3 is 9.30 Å². The zero-order valence-corrected chi connectivity index (χ0v) is 12.7. The van der Waals surface area contributed by atoms with Gasteiger partial charge >= 0.3 is 0 Å². The van der Waals surface area contributed by atoms with Gasteiger partial charge in [-0.25, -0.2) is 9.97 Å². The Kier molecular flexibility index (Phi) is 4.15. The molecular weight excluding hydrogens is 300 g/mol. The first kappa shape index (κ1) is 14.3. The Morgan fingerprint density at radius 3 is 3.09 bits per heavy atom. The van der Waals surface area contributed by atoms with Crippen molar-refractivity contribution < 1.29 is 9.53 Å². The molecule has 0 saturated heterocycles. The van der Waals surface area contributed by atoms with Gasteiger partial charge in [-0.05, 0) is 17.7 Å². The summed E-state index contributed by atoms with van der Waals surface area (Å²) < 4.78 is 7.00. The number of thiazole rings is 1. The second-order valence-corrected chi connectivity index (χ2v) is 5.57. The number of carbonyl (C=O) groups is 1. The van der Waals surface area contributed by atoms with Crippen LogP contribution in [0.15, 0.2) is 49.2 Å². The van der Waals surface area contributed by atoms with Gasteiger partial charge in [0, 0.05) is 24.5 Å². The van der Waals surface area contributed by atoms with E-state index in [1.54, 1.807) is 31.9 Å². The average molecular weight is 314 g/mol. The van der Waals surface area contributed by atoms with Crippen molar-refractivity contribution in [2.75, 3.05) is 12.4 Å². The third-order valence-electron chi connectivity index (χ3n) is 3.02. The number of ether oxygens (including phenoxy) is 1. The zero-order chi connectivity index (χ0) is 15.4. The van der Waals surface area contributed by atoms with Crippen LogP contribution in [0.5, 0.6) is 5.06 Å². The molecule has 3 aromatic rings. The fraction of sp³-hybridized carbons (Fsp3) is 0.133. The van der Waals surface area contributed by atoms with Crippen LogP contribution in [0.2, 0.25) is 0 Å². The maximum atomic E-state index is 12.3. The molecule has 0 spiro atoms. The molecule has 0 bridgehead atoms. The smallest absolute Gasteiger partial charge is 0.257 e. The SMILES string of the molecule is COc1cnc(NC(=O)c2cccc(Cn3ccnc3)c2)s1. The van der Waals surface area contributed by atoms with Crippen molar-refractivity contribution in [3.63, 3.8) is 0 Å². The molecule has 1 N–H and O–H groups in total. The number of hydrogen-bond donors (Lipinski definition) is 1. The van der Waals surface area contributed by atoms with Gasteiger partial charge in [0.05, 0.1) is 19.6 Å². The highest BCUT2D eigenvalue weighted by Gasteiger charge is 2.10. The van der Waals surface area contributed by atoms with Crippen LogP contribution in [0, 0.1) is 0 Å². The highest BCUT2D eigenvalue weighted by molar-refractivity contribution is 7.17. The van der Waals surface area contributed by atoms with Gasteiger partial charge in [0.25, 0.3) is 5.91 Å². The van der Waals surface area contributed by atoms with Gasteiger partial charge in [-0.3, -0.25) is 10.1 Å². The molecular formula is C15H14N4O2S. The highest BCUT2D eigenvalue weighted by Crippen LogP contribution is 2.25. The lowest BCUT2D eigenvalue weighted by Crippen LogP contribution is -2.12. The summed E-state index contributed by atoms with van der Waals surface area (Å²) in [6, 6.07) is 7.48. The molecule has 2 aromatic heterocycles. The van der Waals surface area contributed by atoms with Gasteiger partial charge in [-0.15, -0.1) is 0 Å². The normalized spacial score (nSPS) is 10.4. The monoisotopic (exact) mass is 314 g/mol. The quantitative estimate of drug-likeness (QED) is 0.786. The predicted octanol–water partition coefficient (Wildman–Crippen LogP) is 2.65. The fourth-order valence-corrected chi connectivity index (χ4v) is 2.61. The topological polar surface area (TPSA) is 69.0 Å². The van der Waals surface area contributed by atoms with Crippen molar-refractivity contribution >= 4 is 22.4 Å². The van der Waals surface area contributed by atoms with E-state index < -0.39 is 0 Å². The standard InChI is InChI=1S/C15H14N4O2S/c1-21-13-8-17-15(22-13)18-14(20)12-4-2-3-11(7-12)9-19-6-5-16-10-19/h2-8,10H,9H2,1H3,(H,17,18,20). The minimum absolute atomic E-state index is 0.190. The van der Waals surface area contributed by atoms with Crippen molar-refractivity contribution in [1.29, 1.82) is 0 Å². The first-order chi connectivity index (χ1) is 10.7. The number of nitrogens with zero attached hydrogens (tertiary/aromatic N) is 3. The molecule has 112 valence electrons. The summed E-state index contributed by atoms with van der Waals surface area (Å²) in [7, 11) is 1.57. The van der Waals surface area contributed by atoms with Crippen molar-refractivity contribution in [3.8, 4) is 5.06 Å². The number of rotatable bonds is 5. The lowest BCUT2D eigenvalue weighted by molar-refractivity contribution is 0.102. The van der Waals surface area contributed by atoms with Gasteiger partial charge in [-0.2, -0.15) is 0 Å². The van der Waals surface area contributed by atoms with Crippen LogP contribution >= 0.6 is 11.3 Å². The highest BCUT2D eigenvalue weighted by atomic mass is 32.1. The minimum atomic E-state index is -0.190. The van der Waals surface area contributed by atoms with Crippen molar-refractivity contribution in [2.24, 2.45) is 0 Å². The number of benzene rings is 1. The van der Waals surface area contributed by atoms with Crippen LogP contribution in [0.25, 0.3) is 0 Å². The summed E-state index contributed by atoms with van der Waals surface area (Å²) >= 11 is 1.29. The van der Waals surface area contributed by atoms with Gasteiger partial charge in [-0.1, -0.05) is 23.5 Å². The Morgan fingerprint density at radius 2 is 2.36 bits per heavy atom. The summed E-state index contributed by atoms with van der Waals surface area (Å²) in [6.07, 6.45) is 6.94. The molecule has 0 radical (unpaired) electrons. The van der Waals surface area contributed by atoms with E-state index in [0.717, 1.165) is 5.56 Å². The lowest BCUT2D eigenvalue weighted by atomic mass is 10.1. The largest absolute Gasteiger partial charge is 0.486 e. The number of methoxy groups -OCH3 is 1. The fourth-order valence-electron chi connectivity index (χ4n) is 1.98. The number of amides is 1. The van der Waals surface area contributed by atoms with Crippen LogP contribution in [0.4, 0.5) is 5.13 Å². The molecule has 0 unspecified atom stereocenters. The minimum Gasteiger partial charge on any atom is -0.486 e. The van der Waals surface area contributed by atoms with Crippen LogP contribution in [-0.4, -0.2) is 27.6 Å². The third-order valence-corrected chi connectivity index (χ3v) is 3.89. The molecule has 1 aromatic carbocycles. The number of nitrogens with one attached hydrogen (secondary N) is 1. The number of anilines is 1. The first-order valence-corrected chi connectivity index (χ1v) is 7.42. The van der Waals surface area contributed by atoms with Crippen LogP contribution in [0.1, 0.15) is 15.9 Å². The molecule has 0 saturated carbocycles. The molecule has 3 rings (SSSR count). The predicted molar refractivity (Wildman–Crippen MR) is 84.4 cm³/mol. The summed E-state index contributed by atoms with van der Waals surface area (Å²) in [5.41, 5.74) is 1.62. The van der Waals surface area contributed by atoms with E-state index in [0.29, 0.717) is 22.3 Å². The molecule has 1 amide bonds. The molecule has 22 heavy (non-hydrogen) atoms. The molecule has 2 heterocycles. The Morgan fingerprint density at radius 1 is 1.45 bits per heavy atom. The summed E-state index contributed by atoms with van der Waals surface area (Å²) in [4.78, 5) is 20.4. The molecule has 0 aliphatic heterocycles. The number of aromatic nitrogens is 3. The van der Waals surface area contributed by atoms with Crippen LogP contribution in [-0.2, 0) is 6.54 Å². The van der Waals surface area contributed by atoms with Crippen molar-refractivity contribution in [3.05, 3.63) is 60.3 Å². The molecule has 0 fully saturated rings. The van der Waals surface area contributed by atoms with Gasteiger partial charge in [0.15, 0.2) is 10.2 Å². The van der Waals surface area contributed by atoms with E-state index in [-0.39, 0.29) is 5.91 Å². The van der Waals surface area contributed by atoms with E-state index in [1.165, 1.54) is 11.3 Å². The van der Waals surface area contributed by atoms with E-state index in [1.807, 2.05) is 29.0 Å². The number of hydrogen-bond acceptors (Lipinski definition) is 5. The molecule has 0 atom stereocenters.